The Morgan fingerprint density at radius 2 is 2.28 bits per heavy atom. The van der Waals surface area contributed by atoms with Crippen LogP contribution >= 0.6 is 11.8 Å². The van der Waals surface area contributed by atoms with Gasteiger partial charge < -0.3 is 9.84 Å². The summed E-state index contributed by atoms with van der Waals surface area (Å²) in [6, 6.07) is 5.41. The molecule has 2 rings (SSSR count). The summed E-state index contributed by atoms with van der Waals surface area (Å²) < 4.78 is 5.47. The second-order valence-electron chi connectivity index (χ2n) is 4.03. The van der Waals surface area contributed by atoms with Crippen LogP contribution in [0.5, 0.6) is 5.75 Å². The normalized spacial score (nSPS) is 14.1. The van der Waals surface area contributed by atoms with Crippen LogP contribution in [-0.2, 0) is 4.79 Å². The van der Waals surface area contributed by atoms with Gasteiger partial charge in [-0.05, 0) is 24.6 Å². The third-order valence-corrected chi connectivity index (χ3v) is 3.70. The zero-order valence-electron chi connectivity index (χ0n) is 9.85. The molecule has 0 aromatic heterocycles. The van der Waals surface area contributed by atoms with E-state index in [1.807, 2.05) is 6.07 Å². The van der Waals surface area contributed by atoms with Crippen LogP contribution in [0, 0.1) is 0 Å². The van der Waals surface area contributed by atoms with Crippen molar-refractivity contribution in [1.82, 2.24) is 0 Å². The van der Waals surface area contributed by atoms with E-state index in [4.69, 9.17) is 9.84 Å². The molecule has 5 heteroatoms. The van der Waals surface area contributed by atoms with Crippen LogP contribution in [0.1, 0.15) is 29.6 Å². The fourth-order valence-corrected chi connectivity index (χ4v) is 2.79. The van der Waals surface area contributed by atoms with Crippen molar-refractivity contribution in [2.75, 3.05) is 12.4 Å². The Kier molecular flexibility index (Phi) is 4.25. The molecule has 0 spiro atoms. The van der Waals surface area contributed by atoms with Crippen molar-refractivity contribution in [2.45, 2.75) is 24.2 Å². The quantitative estimate of drug-likeness (QED) is 0.830. The van der Waals surface area contributed by atoms with Crippen molar-refractivity contribution in [3.05, 3.63) is 23.8 Å². The van der Waals surface area contributed by atoms with Gasteiger partial charge in [0.15, 0.2) is 5.78 Å². The molecule has 1 heterocycles. The standard InChI is InChI=1S/C13H14O4S/c14-11-5-7-18-12-8-9(3-4-10(11)12)17-6-1-2-13(15)16/h3-4,8H,1-2,5-7H2,(H,15,16). The van der Waals surface area contributed by atoms with E-state index in [0.29, 0.717) is 25.2 Å². The number of aliphatic carboxylic acids is 1. The highest BCUT2D eigenvalue weighted by Gasteiger charge is 2.17. The number of Topliss-reactive ketones (excluding diaryl/α,β-unsaturated/α-hetero) is 1. The minimum atomic E-state index is -0.815. The monoisotopic (exact) mass is 266 g/mol. The van der Waals surface area contributed by atoms with E-state index in [9.17, 15) is 9.59 Å². The number of hydrogen-bond donors (Lipinski definition) is 1. The van der Waals surface area contributed by atoms with Gasteiger partial charge in [-0.1, -0.05) is 0 Å². The third-order valence-electron chi connectivity index (χ3n) is 2.64. The van der Waals surface area contributed by atoms with Crippen LogP contribution < -0.4 is 4.74 Å². The lowest BCUT2D eigenvalue weighted by atomic mass is 10.1. The molecule has 0 amide bonds. The summed E-state index contributed by atoms with van der Waals surface area (Å²) in [4.78, 5) is 22.9. The molecule has 0 fully saturated rings. The smallest absolute Gasteiger partial charge is 0.303 e. The molecule has 1 aliphatic rings. The number of benzene rings is 1. The third kappa shape index (κ3) is 3.26. The second kappa shape index (κ2) is 5.91. The van der Waals surface area contributed by atoms with Crippen molar-refractivity contribution in [1.29, 1.82) is 0 Å². The molecule has 1 N–H and O–H groups in total. The van der Waals surface area contributed by atoms with Gasteiger partial charge in [-0.15, -0.1) is 11.8 Å². The zero-order valence-corrected chi connectivity index (χ0v) is 10.7. The van der Waals surface area contributed by atoms with Gasteiger partial charge in [0.1, 0.15) is 5.75 Å². The Labute approximate surface area is 109 Å². The summed E-state index contributed by atoms with van der Waals surface area (Å²) >= 11 is 1.66. The zero-order chi connectivity index (χ0) is 13.0. The topological polar surface area (TPSA) is 63.6 Å². The second-order valence-corrected chi connectivity index (χ2v) is 5.16. The number of carboxylic acids is 1. The lowest BCUT2D eigenvalue weighted by Gasteiger charge is -2.15. The molecule has 0 unspecified atom stereocenters. The van der Waals surface area contributed by atoms with Crippen LogP contribution in [0.25, 0.3) is 0 Å². The van der Waals surface area contributed by atoms with Crippen molar-refractivity contribution in [3.63, 3.8) is 0 Å². The van der Waals surface area contributed by atoms with Crippen LogP contribution in [0.15, 0.2) is 23.1 Å². The van der Waals surface area contributed by atoms with Gasteiger partial charge in [-0.3, -0.25) is 9.59 Å². The predicted octanol–water partition coefficient (Wildman–Crippen LogP) is 2.61. The molecule has 0 bridgehead atoms. The minimum absolute atomic E-state index is 0.109. The van der Waals surface area contributed by atoms with E-state index in [1.54, 1.807) is 23.9 Å². The summed E-state index contributed by atoms with van der Waals surface area (Å²) in [5.41, 5.74) is 0.768. The summed E-state index contributed by atoms with van der Waals surface area (Å²) in [5, 5.41) is 8.50. The first-order chi connectivity index (χ1) is 8.66. The molecule has 1 aromatic carbocycles. The number of ether oxygens (including phenoxy) is 1. The van der Waals surface area contributed by atoms with Crippen LogP contribution in [-0.4, -0.2) is 29.2 Å². The Morgan fingerprint density at radius 1 is 1.44 bits per heavy atom. The first-order valence-electron chi connectivity index (χ1n) is 5.81. The lowest BCUT2D eigenvalue weighted by molar-refractivity contribution is -0.137. The van der Waals surface area contributed by atoms with E-state index in [-0.39, 0.29) is 12.2 Å². The van der Waals surface area contributed by atoms with Gasteiger partial charge in [0.25, 0.3) is 0 Å². The van der Waals surface area contributed by atoms with E-state index >= 15 is 0 Å². The Bertz CT molecular complexity index is 470. The molecule has 0 atom stereocenters. The molecular weight excluding hydrogens is 252 g/mol. The van der Waals surface area contributed by atoms with Gasteiger partial charge in [-0.2, -0.15) is 0 Å². The predicted molar refractivity (Wildman–Crippen MR) is 68.5 cm³/mol. The number of thioether (sulfide) groups is 1. The van der Waals surface area contributed by atoms with Gasteiger partial charge in [0.05, 0.1) is 6.61 Å². The Balaban J connectivity index is 1.94. The summed E-state index contributed by atoms with van der Waals surface area (Å²) in [5.74, 6) is 0.876. The van der Waals surface area contributed by atoms with E-state index in [1.165, 1.54) is 0 Å². The van der Waals surface area contributed by atoms with Gasteiger partial charge in [-0.25, -0.2) is 0 Å². The molecule has 0 saturated carbocycles. The summed E-state index contributed by atoms with van der Waals surface area (Å²) in [6.07, 6.45) is 1.19. The van der Waals surface area contributed by atoms with Crippen molar-refractivity contribution < 1.29 is 19.4 Å². The summed E-state index contributed by atoms with van der Waals surface area (Å²) in [7, 11) is 0. The van der Waals surface area contributed by atoms with Crippen LogP contribution in [0.2, 0.25) is 0 Å². The molecule has 18 heavy (non-hydrogen) atoms. The number of fused-ring (bicyclic) bond motifs is 1. The number of carbonyl (C=O) groups excluding carboxylic acids is 1. The first kappa shape index (κ1) is 13.0. The molecule has 0 aliphatic carbocycles. The molecule has 0 radical (unpaired) electrons. The Morgan fingerprint density at radius 3 is 3.06 bits per heavy atom. The lowest BCUT2D eigenvalue weighted by Crippen LogP contribution is -2.08. The van der Waals surface area contributed by atoms with Crippen molar-refractivity contribution in [2.24, 2.45) is 0 Å². The molecule has 0 saturated heterocycles. The van der Waals surface area contributed by atoms with Gasteiger partial charge in [0.2, 0.25) is 0 Å². The SMILES string of the molecule is O=C(O)CCCOc1ccc2c(c1)SCCC2=O. The van der Waals surface area contributed by atoms with Crippen molar-refractivity contribution >= 4 is 23.5 Å². The van der Waals surface area contributed by atoms with Crippen LogP contribution in [0.4, 0.5) is 0 Å². The fraction of sp³-hybridized carbons (Fsp3) is 0.385. The van der Waals surface area contributed by atoms with E-state index in [2.05, 4.69) is 0 Å². The number of ketones is 1. The van der Waals surface area contributed by atoms with Crippen LogP contribution in [0.3, 0.4) is 0 Å². The maximum atomic E-state index is 11.6. The minimum Gasteiger partial charge on any atom is -0.494 e. The molecule has 1 aliphatic heterocycles. The largest absolute Gasteiger partial charge is 0.494 e. The maximum Gasteiger partial charge on any atom is 0.303 e. The average Bonchev–Trinajstić information content (AvgIpc) is 2.35. The van der Waals surface area contributed by atoms with E-state index in [0.717, 1.165) is 16.2 Å². The Hall–Kier alpha value is -1.49. The fourth-order valence-electron chi connectivity index (χ4n) is 1.74. The summed E-state index contributed by atoms with van der Waals surface area (Å²) in [6.45, 7) is 0.379. The highest BCUT2D eigenvalue weighted by atomic mass is 32.2. The highest BCUT2D eigenvalue weighted by Crippen LogP contribution is 2.32. The first-order valence-corrected chi connectivity index (χ1v) is 6.80. The van der Waals surface area contributed by atoms with E-state index < -0.39 is 5.97 Å². The number of rotatable bonds is 5. The van der Waals surface area contributed by atoms with Gasteiger partial charge >= 0.3 is 5.97 Å². The molecular formula is C13H14O4S. The number of carbonyl (C=O) groups is 2. The molecule has 1 aromatic rings. The molecule has 4 nitrogen and oxygen atoms in total. The number of carboxylic acid groups (broad SMARTS) is 1. The van der Waals surface area contributed by atoms with Crippen molar-refractivity contribution in [3.8, 4) is 5.75 Å². The maximum absolute atomic E-state index is 11.6. The molecule has 96 valence electrons. The highest BCUT2D eigenvalue weighted by molar-refractivity contribution is 7.99. The number of hydrogen-bond acceptors (Lipinski definition) is 4. The average molecular weight is 266 g/mol. The van der Waals surface area contributed by atoms with Gasteiger partial charge in [0, 0.05) is 29.1 Å².